The molecule has 0 bridgehead atoms. The molecule has 1 heterocycles. The number of carbonyl (C=O) groups is 1. The van der Waals surface area contributed by atoms with Gasteiger partial charge >= 0.3 is 0 Å². The van der Waals surface area contributed by atoms with Crippen molar-refractivity contribution in [1.82, 2.24) is 5.32 Å². The van der Waals surface area contributed by atoms with E-state index in [0.717, 1.165) is 30.4 Å². The van der Waals surface area contributed by atoms with Crippen LogP contribution in [0.4, 0.5) is 5.69 Å². The second-order valence-electron chi connectivity index (χ2n) is 10.2. The maximum Gasteiger partial charge on any atom is 0.264 e. The van der Waals surface area contributed by atoms with E-state index in [2.05, 4.69) is 32.2 Å². The second kappa shape index (κ2) is 9.45. The number of nitrogens with one attached hydrogen (secondary N) is 1. The lowest BCUT2D eigenvalue weighted by molar-refractivity contribution is -0.127. The molecule has 1 aliphatic carbocycles. The molecule has 1 N–H and O–H groups in total. The molecule has 4 rings (SSSR count). The van der Waals surface area contributed by atoms with Gasteiger partial charge in [0.15, 0.2) is 6.10 Å². The Morgan fingerprint density at radius 1 is 1.12 bits per heavy atom. The van der Waals surface area contributed by atoms with Gasteiger partial charge in [0.25, 0.3) is 15.9 Å². The van der Waals surface area contributed by atoms with Crippen LogP contribution in [-0.2, 0) is 20.2 Å². The second-order valence-corrected chi connectivity index (χ2v) is 12.1. The third-order valence-electron chi connectivity index (χ3n) is 6.47. The van der Waals surface area contributed by atoms with Gasteiger partial charge in [0.05, 0.1) is 17.1 Å². The number of rotatable bonds is 5. The van der Waals surface area contributed by atoms with Crippen LogP contribution in [0.1, 0.15) is 57.6 Å². The van der Waals surface area contributed by atoms with E-state index in [-0.39, 0.29) is 22.8 Å². The van der Waals surface area contributed by atoms with E-state index in [9.17, 15) is 13.2 Å². The zero-order valence-corrected chi connectivity index (χ0v) is 21.2. The fraction of sp³-hybridized carbons (Fsp3) is 0.444. The monoisotopic (exact) mass is 482 g/mol. The molecule has 1 aliphatic heterocycles. The number of fused-ring (bicyclic) bond motifs is 1. The normalized spacial score (nSPS) is 18.5. The largest absolute Gasteiger partial charge is 0.476 e. The van der Waals surface area contributed by atoms with Gasteiger partial charge in [-0.2, -0.15) is 0 Å². The quantitative estimate of drug-likeness (QED) is 0.617. The minimum atomic E-state index is -3.89. The van der Waals surface area contributed by atoms with Gasteiger partial charge in [-0.05, 0) is 67.9 Å². The van der Waals surface area contributed by atoms with E-state index in [1.165, 1.54) is 16.3 Å². The number of anilines is 1. The summed E-state index contributed by atoms with van der Waals surface area (Å²) < 4.78 is 34.8. The van der Waals surface area contributed by atoms with Crippen LogP contribution in [-0.4, -0.2) is 33.5 Å². The fourth-order valence-electron chi connectivity index (χ4n) is 4.30. The number of aryl methyl sites for hydroxylation is 1. The molecule has 1 atom stereocenters. The molecule has 2 aromatic rings. The van der Waals surface area contributed by atoms with Gasteiger partial charge < -0.3 is 10.1 Å². The Labute approximate surface area is 203 Å². The van der Waals surface area contributed by atoms with Crippen molar-refractivity contribution in [2.45, 2.75) is 69.8 Å². The molecule has 0 fully saturated rings. The van der Waals surface area contributed by atoms with Crippen LogP contribution in [0.15, 0.2) is 59.0 Å². The summed E-state index contributed by atoms with van der Waals surface area (Å²) in [5.41, 5.74) is 3.48. The van der Waals surface area contributed by atoms with Gasteiger partial charge in [-0.1, -0.05) is 56.2 Å². The summed E-state index contributed by atoms with van der Waals surface area (Å²) in [6, 6.07) is 12.3. The summed E-state index contributed by atoms with van der Waals surface area (Å²) in [4.78, 5) is 13.2. The highest BCUT2D eigenvalue weighted by Gasteiger charge is 2.38. The first-order valence-electron chi connectivity index (χ1n) is 11.9. The molecule has 34 heavy (non-hydrogen) atoms. The van der Waals surface area contributed by atoms with E-state index in [0.29, 0.717) is 18.0 Å². The topological polar surface area (TPSA) is 75.7 Å². The summed E-state index contributed by atoms with van der Waals surface area (Å²) in [6.45, 7) is 8.54. The Morgan fingerprint density at radius 3 is 2.50 bits per heavy atom. The van der Waals surface area contributed by atoms with Gasteiger partial charge in [0.1, 0.15) is 5.75 Å². The van der Waals surface area contributed by atoms with Gasteiger partial charge in [-0.3, -0.25) is 9.10 Å². The van der Waals surface area contributed by atoms with Gasteiger partial charge in [0, 0.05) is 6.54 Å². The van der Waals surface area contributed by atoms with Crippen LogP contribution < -0.4 is 14.4 Å². The molecule has 0 aromatic heterocycles. The lowest BCUT2D eigenvalue weighted by atomic mass is 9.86. The Balaban J connectivity index is 1.67. The van der Waals surface area contributed by atoms with Crippen molar-refractivity contribution < 1.29 is 17.9 Å². The molecular formula is C27H34N2O4S. The molecule has 2 aliphatic rings. The Morgan fingerprint density at radius 2 is 1.85 bits per heavy atom. The molecular weight excluding hydrogens is 448 g/mol. The van der Waals surface area contributed by atoms with Crippen LogP contribution >= 0.6 is 0 Å². The van der Waals surface area contributed by atoms with E-state index >= 15 is 0 Å². The predicted octanol–water partition coefficient (Wildman–Crippen LogP) is 4.87. The number of benzene rings is 2. The van der Waals surface area contributed by atoms with Crippen LogP contribution in [0, 0.1) is 6.92 Å². The molecule has 0 saturated heterocycles. The van der Waals surface area contributed by atoms with Crippen molar-refractivity contribution in [2.24, 2.45) is 0 Å². The predicted molar refractivity (Wildman–Crippen MR) is 135 cm³/mol. The number of ether oxygens (including phenoxy) is 1. The molecule has 0 spiro atoms. The maximum atomic E-state index is 13.7. The lowest BCUT2D eigenvalue weighted by Crippen LogP contribution is -2.51. The first kappa shape index (κ1) is 24.3. The smallest absolute Gasteiger partial charge is 0.264 e. The van der Waals surface area contributed by atoms with Crippen LogP contribution in [0.2, 0.25) is 0 Å². The van der Waals surface area contributed by atoms with Crippen LogP contribution in [0.25, 0.3) is 0 Å². The van der Waals surface area contributed by atoms with Crippen molar-refractivity contribution in [1.29, 1.82) is 0 Å². The lowest BCUT2D eigenvalue weighted by Gasteiger charge is -2.36. The summed E-state index contributed by atoms with van der Waals surface area (Å²) in [5, 5.41) is 2.95. The Kier molecular flexibility index (Phi) is 6.76. The third kappa shape index (κ3) is 5.14. The number of hydrogen-bond acceptors (Lipinski definition) is 4. The molecule has 6 nitrogen and oxygen atoms in total. The molecule has 7 heteroatoms. The summed E-state index contributed by atoms with van der Waals surface area (Å²) in [7, 11) is -3.89. The van der Waals surface area contributed by atoms with Crippen molar-refractivity contribution in [3.8, 4) is 5.75 Å². The van der Waals surface area contributed by atoms with Crippen molar-refractivity contribution >= 4 is 21.6 Å². The Hall–Kier alpha value is -2.80. The first-order valence-corrected chi connectivity index (χ1v) is 13.4. The number of nitrogens with zero attached hydrogens (tertiary/aromatic N) is 1. The molecule has 1 amide bonds. The number of hydrogen-bond donors (Lipinski definition) is 1. The Bertz CT molecular complexity index is 1190. The molecule has 0 saturated carbocycles. The number of allylic oxidation sites excluding steroid dienone is 1. The molecule has 0 unspecified atom stereocenters. The molecule has 182 valence electrons. The van der Waals surface area contributed by atoms with E-state index in [4.69, 9.17) is 4.74 Å². The summed E-state index contributed by atoms with van der Waals surface area (Å²) >= 11 is 0. The van der Waals surface area contributed by atoms with Crippen LogP contribution in [0.5, 0.6) is 5.75 Å². The highest BCUT2D eigenvalue weighted by Crippen LogP contribution is 2.40. The van der Waals surface area contributed by atoms with Crippen molar-refractivity contribution in [3.05, 3.63) is 65.2 Å². The minimum Gasteiger partial charge on any atom is -0.476 e. The van der Waals surface area contributed by atoms with Crippen molar-refractivity contribution in [3.63, 3.8) is 0 Å². The highest BCUT2D eigenvalue weighted by atomic mass is 32.2. The van der Waals surface area contributed by atoms with Crippen LogP contribution in [0.3, 0.4) is 0 Å². The van der Waals surface area contributed by atoms with E-state index in [1.807, 2.05) is 19.1 Å². The van der Waals surface area contributed by atoms with E-state index in [1.54, 1.807) is 30.3 Å². The number of carbonyl (C=O) groups excluding carboxylic acids is 1. The zero-order chi connectivity index (χ0) is 24.5. The number of sulfonamides is 1. The maximum absolute atomic E-state index is 13.7. The SMILES string of the molecule is Cc1ccc(S(=O)(=O)N2C[C@H](C(=O)NCC3=CCCCC3)Oc3ccc(C(C)(C)C)cc32)cc1. The average Bonchev–Trinajstić information content (AvgIpc) is 2.81. The first-order chi connectivity index (χ1) is 16.1. The van der Waals surface area contributed by atoms with Gasteiger partial charge in [-0.15, -0.1) is 0 Å². The zero-order valence-electron chi connectivity index (χ0n) is 20.4. The van der Waals surface area contributed by atoms with Crippen molar-refractivity contribution in [2.75, 3.05) is 17.4 Å². The van der Waals surface area contributed by atoms with Gasteiger partial charge in [-0.25, -0.2) is 8.42 Å². The fourth-order valence-corrected chi connectivity index (χ4v) is 5.77. The molecule has 0 radical (unpaired) electrons. The molecule has 2 aromatic carbocycles. The highest BCUT2D eigenvalue weighted by molar-refractivity contribution is 7.92. The average molecular weight is 483 g/mol. The van der Waals surface area contributed by atoms with E-state index < -0.39 is 16.1 Å². The standard InChI is InChI=1S/C27H34N2O4S/c1-19-10-13-22(14-11-19)34(31,32)29-18-25(26(30)28-17-20-8-6-5-7-9-20)33-24-15-12-21(16-23(24)29)27(2,3)4/h8,10-16,25H,5-7,9,17-18H2,1-4H3,(H,28,30)/t25-/m1/s1. The summed E-state index contributed by atoms with van der Waals surface area (Å²) in [6.07, 6.45) is 5.59. The van der Waals surface area contributed by atoms with Gasteiger partial charge in [0.2, 0.25) is 0 Å². The minimum absolute atomic E-state index is 0.0817. The number of amides is 1. The third-order valence-corrected chi connectivity index (χ3v) is 8.26. The summed E-state index contributed by atoms with van der Waals surface area (Å²) in [5.74, 6) is 0.0908.